The number of fused-ring (bicyclic) bond motifs is 2. The standard InChI is InChI=1S/C24H27N3O4S/c1-4-26-7-9-27(10-8-26)24-19-12-21-22(31-15-30-21)13-20(19)25-14-23(24)32(28,29)18-6-5-16(2)17(3)11-18/h5-6,11-14H,4,7-10,15H2,1-3H3/p+2. The zero-order chi connectivity index (χ0) is 22.5. The van der Waals surface area contributed by atoms with Crippen molar-refractivity contribution in [1.29, 1.82) is 0 Å². The molecule has 2 N–H and O–H groups in total. The molecule has 2 aliphatic heterocycles. The summed E-state index contributed by atoms with van der Waals surface area (Å²) in [5, 5.41) is 0.833. The van der Waals surface area contributed by atoms with Gasteiger partial charge in [-0.15, -0.1) is 0 Å². The van der Waals surface area contributed by atoms with Crippen molar-refractivity contribution in [2.45, 2.75) is 30.6 Å². The van der Waals surface area contributed by atoms with E-state index in [-0.39, 0.29) is 6.79 Å². The van der Waals surface area contributed by atoms with Crippen LogP contribution in [0.2, 0.25) is 0 Å². The average molecular weight is 456 g/mol. The Labute approximate surface area is 188 Å². The van der Waals surface area contributed by atoms with Gasteiger partial charge in [-0.3, -0.25) is 0 Å². The minimum absolute atomic E-state index is 0.174. The summed E-state index contributed by atoms with van der Waals surface area (Å²) in [5.41, 5.74) is 3.60. The van der Waals surface area contributed by atoms with Crippen LogP contribution in [0.15, 0.2) is 46.3 Å². The smallest absolute Gasteiger partial charge is 0.231 e. The lowest BCUT2D eigenvalue weighted by Crippen LogP contribution is -3.14. The van der Waals surface area contributed by atoms with Crippen molar-refractivity contribution in [2.75, 3.05) is 44.4 Å². The van der Waals surface area contributed by atoms with E-state index < -0.39 is 9.84 Å². The summed E-state index contributed by atoms with van der Waals surface area (Å²) in [4.78, 5) is 7.56. The van der Waals surface area contributed by atoms with Crippen molar-refractivity contribution in [3.05, 3.63) is 47.7 Å². The number of ether oxygens (including phenoxy) is 2. The number of H-pyrrole nitrogens is 1. The van der Waals surface area contributed by atoms with E-state index in [1.165, 1.54) is 4.90 Å². The number of hydrogen-bond acceptors (Lipinski definition) is 5. The molecule has 2 aliphatic rings. The van der Waals surface area contributed by atoms with E-state index in [1.807, 2.05) is 32.0 Å². The number of benzene rings is 2. The van der Waals surface area contributed by atoms with Gasteiger partial charge < -0.3 is 19.3 Å². The molecule has 2 aromatic carbocycles. The van der Waals surface area contributed by atoms with Crippen molar-refractivity contribution >= 4 is 26.4 Å². The third-order valence-corrected chi connectivity index (χ3v) is 8.49. The topological polar surface area (TPSA) is 74.4 Å². The second-order valence-electron chi connectivity index (χ2n) is 8.59. The lowest BCUT2D eigenvalue weighted by Gasteiger charge is -2.34. The van der Waals surface area contributed by atoms with Gasteiger partial charge in [0.15, 0.2) is 22.6 Å². The average Bonchev–Trinajstić information content (AvgIpc) is 3.26. The molecule has 0 bridgehead atoms. The molecule has 1 fully saturated rings. The maximum absolute atomic E-state index is 13.9. The van der Waals surface area contributed by atoms with Crippen molar-refractivity contribution in [1.82, 2.24) is 0 Å². The Morgan fingerprint density at radius 1 is 1.03 bits per heavy atom. The van der Waals surface area contributed by atoms with Gasteiger partial charge in [-0.25, -0.2) is 13.4 Å². The zero-order valence-electron chi connectivity index (χ0n) is 18.7. The van der Waals surface area contributed by atoms with E-state index in [4.69, 9.17) is 9.47 Å². The van der Waals surface area contributed by atoms with E-state index in [9.17, 15) is 8.42 Å². The fourth-order valence-electron chi connectivity index (χ4n) is 4.54. The van der Waals surface area contributed by atoms with Crippen LogP contribution in [0.3, 0.4) is 0 Å². The Morgan fingerprint density at radius 2 is 1.75 bits per heavy atom. The molecule has 32 heavy (non-hydrogen) atoms. The molecule has 0 spiro atoms. The predicted molar refractivity (Wildman–Crippen MR) is 121 cm³/mol. The van der Waals surface area contributed by atoms with Gasteiger partial charge in [0, 0.05) is 6.07 Å². The number of hydrogen-bond donors (Lipinski definition) is 1. The number of rotatable bonds is 4. The normalized spacial score (nSPS) is 16.7. The highest BCUT2D eigenvalue weighted by atomic mass is 32.2. The first-order valence-corrected chi connectivity index (χ1v) is 12.6. The van der Waals surface area contributed by atoms with Crippen molar-refractivity contribution in [2.24, 2.45) is 0 Å². The third kappa shape index (κ3) is 3.47. The van der Waals surface area contributed by atoms with E-state index in [2.05, 4.69) is 16.8 Å². The van der Waals surface area contributed by atoms with E-state index in [0.717, 1.165) is 60.4 Å². The number of aryl methyl sites for hydroxylation is 2. The second-order valence-corrected chi connectivity index (χ2v) is 10.5. The first kappa shape index (κ1) is 21.0. The number of sulfone groups is 1. The fourth-order valence-corrected chi connectivity index (χ4v) is 6.08. The molecule has 0 aliphatic carbocycles. The van der Waals surface area contributed by atoms with Gasteiger partial charge in [0.05, 0.1) is 54.8 Å². The Kier molecular flexibility index (Phi) is 5.22. The van der Waals surface area contributed by atoms with Gasteiger partial charge in [0.25, 0.3) is 0 Å². The van der Waals surface area contributed by atoms with E-state index in [1.54, 1.807) is 18.3 Å². The molecular formula is C24H29N3O4S+2. The Bertz CT molecular complexity index is 1300. The van der Waals surface area contributed by atoms with Crippen LogP contribution in [0.5, 0.6) is 11.5 Å². The van der Waals surface area contributed by atoms with Crippen molar-refractivity contribution < 1.29 is 27.8 Å². The summed E-state index contributed by atoms with van der Waals surface area (Å²) in [5.74, 6) is 1.32. The van der Waals surface area contributed by atoms with Crippen LogP contribution < -0.4 is 24.3 Å². The Balaban J connectivity index is 1.71. The molecule has 1 aromatic heterocycles. The molecule has 0 atom stereocenters. The number of likely N-dealkylation sites (N-methyl/N-ethyl adjacent to an activating group) is 1. The maximum atomic E-state index is 13.9. The number of anilines is 1. The highest BCUT2D eigenvalue weighted by Gasteiger charge is 2.33. The largest absolute Gasteiger partial charge is 0.454 e. The number of aromatic amines is 1. The number of piperazine rings is 1. The number of quaternary nitrogens is 1. The van der Waals surface area contributed by atoms with E-state index >= 15 is 0 Å². The van der Waals surface area contributed by atoms with Crippen molar-refractivity contribution in [3.63, 3.8) is 0 Å². The van der Waals surface area contributed by atoms with Gasteiger partial charge in [-0.05, 0) is 44.0 Å². The molecule has 0 amide bonds. The Hall–Kier alpha value is -2.84. The molecule has 3 heterocycles. The SMILES string of the molecule is CC[NH+]1CCN(c2c(S(=O)(=O)c3ccc(C)c(C)c3)c[nH+]c3cc4c(cc23)OCO4)CC1. The van der Waals surface area contributed by atoms with Crippen LogP contribution in [0.4, 0.5) is 5.69 Å². The van der Waals surface area contributed by atoms with Crippen LogP contribution in [0, 0.1) is 13.8 Å². The molecule has 3 aromatic rings. The number of nitrogens with zero attached hydrogens (tertiary/aromatic N) is 1. The van der Waals surface area contributed by atoms with Gasteiger partial charge >= 0.3 is 0 Å². The quantitative estimate of drug-likeness (QED) is 0.646. The summed E-state index contributed by atoms with van der Waals surface area (Å²) >= 11 is 0. The van der Waals surface area contributed by atoms with Gasteiger partial charge in [0.1, 0.15) is 0 Å². The summed E-state index contributed by atoms with van der Waals surface area (Å²) in [6.07, 6.45) is 1.63. The van der Waals surface area contributed by atoms with Gasteiger partial charge in [0.2, 0.25) is 22.1 Å². The van der Waals surface area contributed by atoms with Gasteiger partial charge in [-0.2, -0.15) is 0 Å². The minimum Gasteiger partial charge on any atom is -0.454 e. The predicted octanol–water partition coefficient (Wildman–Crippen LogP) is 1.56. The first-order chi connectivity index (χ1) is 15.4. The highest BCUT2D eigenvalue weighted by Crippen LogP contribution is 2.41. The van der Waals surface area contributed by atoms with Crippen LogP contribution in [0.1, 0.15) is 18.1 Å². The summed E-state index contributed by atoms with van der Waals surface area (Å²) < 4.78 is 38.9. The molecule has 168 valence electrons. The number of nitrogens with one attached hydrogen (secondary N) is 2. The Morgan fingerprint density at radius 3 is 2.44 bits per heavy atom. The molecule has 0 unspecified atom stereocenters. The fraction of sp³-hybridized carbons (Fsp3) is 0.375. The first-order valence-electron chi connectivity index (χ1n) is 11.1. The molecule has 1 saturated heterocycles. The molecular weight excluding hydrogens is 426 g/mol. The van der Waals surface area contributed by atoms with Crippen LogP contribution in [-0.4, -0.2) is 47.9 Å². The zero-order valence-corrected chi connectivity index (χ0v) is 19.5. The monoisotopic (exact) mass is 455 g/mol. The number of aromatic nitrogens is 1. The molecule has 5 rings (SSSR count). The number of pyridine rings is 1. The lowest BCUT2D eigenvalue weighted by molar-refractivity contribution is -0.898. The molecule has 0 radical (unpaired) electrons. The molecule has 0 saturated carbocycles. The summed E-state index contributed by atoms with van der Waals surface area (Å²) in [6, 6.07) is 9.12. The minimum atomic E-state index is -3.73. The summed E-state index contributed by atoms with van der Waals surface area (Å²) in [6.45, 7) is 10.9. The molecule has 8 heteroatoms. The van der Waals surface area contributed by atoms with Crippen molar-refractivity contribution in [3.8, 4) is 11.5 Å². The summed E-state index contributed by atoms with van der Waals surface area (Å²) in [7, 11) is -3.73. The van der Waals surface area contributed by atoms with Crippen LogP contribution >= 0.6 is 0 Å². The third-order valence-electron chi connectivity index (χ3n) is 6.72. The maximum Gasteiger partial charge on any atom is 0.231 e. The lowest BCUT2D eigenvalue weighted by atomic mass is 10.1. The van der Waals surface area contributed by atoms with E-state index in [0.29, 0.717) is 21.3 Å². The highest BCUT2D eigenvalue weighted by molar-refractivity contribution is 7.91. The van der Waals surface area contributed by atoms with Crippen LogP contribution in [-0.2, 0) is 9.84 Å². The van der Waals surface area contributed by atoms with Crippen LogP contribution in [0.25, 0.3) is 10.9 Å². The second kappa shape index (κ2) is 7.94. The molecule has 7 nitrogen and oxygen atoms in total. The van der Waals surface area contributed by atoms with Gasteiger partial charge in [-0.1, -0.05) is 6.07 Å².